The number of rotatable bonds is 4. The predicted molar refractivity (Wildman–Crippen MR) is 77.5 cm³/mol. The Morgan fingerprint density at radius 1 is 1.24 bits per heavy atom. The largest absolute Gasteiger partial charge is 0.406 e. The molecule has 4 atom stereocenters. The first-order valence-electron chi connectivity index (χ1n) is 7.16. The molecule has 2 bridgehead atoms. The van der Waals surface area contributed by atoms with Crippen LogP contribution in [0.15, 0.2) is 0 Å². The van der Waals surface area contributed by atoms with Crippen LogP contribution in [-0.4, -0.2) is 39.2 Å². The Morgan fingerprint density at radius 3 is 2.33 bits per heavy atom. The monoisotopic (exact) mass is 315 g/mol. The molecule has 0 spiro atoms. The van der Waals surface area contributed by atoms with Gasteiger partial charge in [-0.05, 0) is 25.1 Å². The van der Waals surface area contributed by atoms with E-state index in [9.17, 15) is 0 Å². The number of hydrogen-bond acceptors (Lipinski definition) is 6. The molecule has 0 aliphatic carbocycles. The van der Waals surface area contributed by atoms with Gasteiger partial charge in [-0.1, -0.05) is 20.8 Å². The zero-order valence-electron chi connectivity index (χ0n) is 13.9. The third-order valence-corrected chi connectivity index (χ3v) is 9.21. The summed E-state index contributed by atoms with van der Waals surface area (Å²) in [6, 6.07) is 2.07. The second kappa shape index (κ2) is 5.01. The zero-order chi connectivity index (χ0) is 16.1. The lowest BCUT2D eigenvalue weighted by atomic mass is 10.0. The van der Waals surface area contributed by atoms with Gasteiger partial charge < -0.3 is 13.9 Å². The van der Waals surface area contributed by atoms with Gasteiger partial charge in [0.1, 0.15) is 12.2 Å². The maximum absolute atomic E-state index is 9.03. The number of ether oxygens (including phenoxy) is 2. The number of nitriles is 1. The number of methoxy groups -OCH3 is 1. The van der Waals surface area contributed by atoms with Gasteiger partial charge in [-0.3, -0.25) is 0 Å². The van der Waals surface area contributed by atoms with E-state index in [0.29, 0.717) is 0 Å². The van der Waals surface area contributed by atoms with Gasteiger partial charge in [-0.2, -0.15) is 15.0 Å². The number of hydrogen-bond donors (Lipinski definition) is 0. The lowest BCUT2D eigenvalue weighted by molar-refractivity contribution is -0.407. The molecule has 2 aliphatic heterocycles. The van der Waals surface area contributed by atoms with E-state index in [4.69, 9.17) is 28.9 Å². The summed E-state index contributed by atoms with van der Waals surface area (Å²) in [5.74, 6) is -2.25. The van der Waals surface area contributed by atoms with Crippen molar-refractivity contribution in [3.63, 3.8) is 0 Å². The van der Waals surface area contributed by atoms with Crippen LogP contribution in [0.5, 0.6) is 0 Å². The molecule has 0 aromatic carbocycles. The van der Waals surface area contributed by atoms with Crippen molar-refractivity contribution in [1.29, 1.82) is 5.26 Å². The standard InChI is InChI=1S/C14H25NO5Si/c1-12(2,3)21(6,7)17-10-11(16-5)14(8-9-15)18-13(10,4)19-20-14/h10-11H,8H2,1-7H3/t10-,11-,13+,14-/m1/s1. The molecule has 0 aromatic rings. The number of nitrogens with zero attached hydrogens (tertiary/aromatic N) is 1. The summed E-state index contributed by atoms with van der Waals surface area (Å²) in [4.78, 5) is 10.6. The lowest BCUT2D eigenvalue weighted by Gasteiger charge is -2.43. The van der Waals surface area contributed by atoms with Crippen LogP contribution in [0.25, 0.3) is 0 Å². The van der Waals surface area contributed by atoms with E-state index in [1.807, 2.05) is 0 Å². The normalized spacial score (nSPS) is 39.5. The third-order valence-electron chi connectivity index (χ3n) is 4.76. The maximum atomic E-state index is 9.03. The van der Waals surface area contributed by atoms with Crippen molar-refractivity contribution < 1.29 is 23.7 Å². The van der Waals surface area contributed by atoms with Gasteiger partial charge in [0, 0.05) is 7.11 Å². The molecule has 120 valence electrons. The molecule has 7 heteroatoms. The number of fused-ring (bicyclic) bond motifs is 2. The molecule has 0 amide bonds. The van der Waals surface area contributed by atoms with Crippen molar-refractivity contribution in [2.75, 3.05) is 7.11 Å². The minimum absolute atomic E-state index is 0.0262. The van der Waals surface area contributed by atoms with Crippen molar-refractivity contribution in [3.05, 3.63) is 0 Å². The van der Waals surface area contributed by atoms with Gasteiger partial charge in [0.15, 0.2) is 8.32 Å². The molecule has 6 nitrogen and oxygen atoms in total. The van der Waals surface area contributed by atoms with Crippen LogP contribution in [-0.2, 0) is 23.7 Å². The Labute approximate surface area is 127 Å². The molecule has 0 unspecified atom stereocenters. The molecule has 2 heterocycles. The van der Waals surface area contributed by atoms with Gasteiger partial charge in [-0.25, -0.2) is 0 Å². The Balaban J connectivity index is 2.30. The quantitative estimate of drug-likeness (QED) is 0.587. The van der Waals surface area contributed by atoms with Crippen LogP contribution in [0.2, 0.25) is 18.1 Å². The summed E-state index contributed by atoms with van der Waals surface area (Å²) in [5.41, 5.74) is 0. The topological polar surface area (TPSA) is 69.9 Å². The smallest absolute Gasteiger partial charge is 0.246 e. The molecule has 0 aromatic heterocycles. The molecule has 0 N–H and O–H groups in total. The van der Waals surface area contributed by atoms with Crippen LogP contribution in [0.4, 0.5) is 0 Å². The zero-order valence-corrected chi connectivity index (χ0v) is 14.9. The highest BCUT2D eigenvalue weighted by molar-refractivity contribution is 6.74. The Hall–Kier alpha value is -0.493. The summed E-state index contributed by atoms with van der Waals surface area (Å²) in [7, 11) is -0.475. The van der Waals surface area contributed by atoms with E-state index in [1.54, 1.807) is 14.0 Å². The first kappa shape index (κ1) is 16.9. The fourth-order valence-corrected chi connectivity index (χ4v) is 3.82. The van der Waals surface area contributed by atoms with Gasteiger partial charge in [0.05, 0.1) is 12.5 Å². The van der Waals surface area contributed by atoms with Gasteiger partial charge >= 0.3 is 0 Å². The molecule has 0 saturated carbocycles. The average Bonchev–Trinajstić information content (AvgIpc) is 2.77. The summed E-state index contributed by atoms with van der Waals surface area (Å²) in [6.45, 7) is 12.6. The SMILES string of the molecule is CO[C@@H]1[C@@H](O[Si](C)(C)C(C)(C)C)[C@]2(C)OO[C@@]1(CC#N)O2. The van der Waals surface area contributed by atoms with E-state index < -0.39 is 32.1 Å². The minimum Gasteiger partial charge on any atom is -0.406 e. The molecular weight excluding hydrogens is 290 g/mol. The van der Waals surface area contributed by atoms with Crippen LogP contribution >= 0.6 is 0 Å². The molecule has 2 saturated heterocycles. The van der Waals surface area contributed by atoms with Crippen molar-refractivity contribution in [2.24, 2.45) is 0 Å². The van der Waals surface area contributed by atoms with E-state index in [1.165, 1.54) is 0 Å². The summed E-state index contributed by atoms with van der Waals surface area (Å²) >= 11 is 0. The molecule has 2 fully saturated rings. The Bertz CT molecular complexity index is 457. The van der Waals surface area contributed by atoms with Gasteiger partial charge in [0.25, 0.3) is 0 Å². The first-order chi connectivity index (χ1) is 9.51. The fraction of sp³-hybridized carbons (Fsp3) is 0.929. The molecule has 2 rings (SSSR count). The molecule has 21 heavy (non-hydrogen) atoms. The van der Waals surface area contributed by atoms with Crippen LogP contribution < -0.4 is 0 Å². The Kier molecular flexibility index (Phi) is 4.03. The van der Waals surface area contributed by atoms with Crippen LogP contribution in [0.3, 0.4) is 0 Å². The second-order valence-electron chi connectivity index (χ2n) is 7.39. The van der Waals surface area contributed by atoms with E-state index in [0.717, 1.165) is 0 Å². The second-order valence-corrected chi connectivity index (χ2v) is 12.1. The average molecular weight is 315 g/mol. The Morgan fingerprint density at radius 2 is 1.86 bits per heavy atom. The van der Waals surface area contributed by atoms with E-state index in [2.05, 4.69) is 39.9 Å². The first-order valence-corrected chi connectivity index (χ1v) is 10.1. The summed E-state index contributed by atoms with van der Waals surface area (Å²) in [6.07, 6.45) is -0.895. The molecule has 0 radical (unpaired) electrons. The van der Waals surface area contributed by atoms with Crippen LogP contribution in [0.1, 0.15) is 34.1 Å². The van der Waals surface area contributed by atoms with Gasteiger partial charge in [0.2, 0.25) is 11.6 Å². The molecule has 2 aliphatic rings. The maximum Gasteiger partial charge on any atom is 0.246 e. The highest BCUT2D eigenvalue weighted by atomic mass is 28.4. The van der Waals surface area contributed by atoms with Gasteiger partial charge in [-0.15, -0.1) is 0 Å². The fourth-order valence-electron chi connectivity index (χ4n) is 2.49. The van der Waals surface area contributed by atoms with Crippen molar-refractivity contribution in [3.8, 4) is 6.07 Å². The highest BCUT2D eigenvalue weighted by Crippen LogP contribution is 2.53. The summed E-state index contributed by atoms with van der Waals surface area (Å²) < 4.78 is 17.9. The van der Waals surface area contributed by atoms with Crippen molar-refractivity contribution in [1.82, 2.24) is 0 Å². The van der Waals surface area contributed by atoms with E-state index in [-0.39, 0.29) is 11.5 Å². The van der Waals surface area contributed by atoms with Crippen molar-refractivity contribution in [2.45, 2.75) is 76.0 Å². The molecular formula is C14H25NO5Si. The summed E-state index contributed by atoms with van der Waals surface area (Å²) in [5, 5.41) is 9.08. The predicted octanol–water partition coefficient (Wildman–Crippen LogP) is 2.71. The minimum atomic E-state index is -2.05. The van der Waals surface area contributed by atoms with Crippen molar-refractivity contribution >= 4 is 8.32 Å². The lowest BCUT2D eigenvalue weighted by Crippen LogP contribution is -2.58. The third kappa shape index (κ3) is 2.54. The highest BCUT2D eigenvalue weighted by Gasteiger charge is 2.71. The van der Waals surface area contributed by atoms with Crippen LogP contribution in [0, 0.1) is 11.3 Å². The van der Waals surface area contributed by atoms with E-state index >= 15 is 0 Å².